The first-order chi connectivity index (χ1) is 28.7. The number of thiophene rings is 1. The van der Waals surface area contributed by atoms with Crippen molar-refractivity contribution in [3.05, 3.63) is 225 Å². The van der Waals surface area contributed by atoms with Gasteiger partial charge in [-0.15, -0.1) is 11.3 Å². The van der Waals surface area contributed by atoms with Gasteiger partial charge < -0.3 is 4.57 Å². The lowest BCUT2D eigenvalue weighted by atomic mass is 9.91. The Hall–Kier alpha value is -7.26. The van der Waals surface area contributed by atoms with E-state index in [1.54, 1.807) is 0 Å². The van der Waals surface area contributed by atoms with E-state index in [2.05, 4.69) is 229 Å². The molecule has 0 saturated carbocycles. The van der Waals surface area contributed by atoms with Gasteiger partial charge in [0.1, 0.15) is 0 Å². The third-order valence-corrected chi connectivity index (χ3v) is 12.6. The van der Waals surface area contributed by atoms with Crippen LogP contribution in [-0.4, -0.2) is 4.57 Å². The highest BCUT2D eigenvalue weighted by Gasteiger charge is 2.19. The molecule has 1 nitrogen and oxygen atoms in total. The largest absolute Gasteiger partial charge is 0.314 e. The second kappa shape index (κ2) is 14.4. The number of hydrogen-bond acceptors (Lipinski definition) is 1. The summed E-state index contributed by atoms with van der Waals surface area (Å²) in [6.45, 7) is 0. The molecule has 2 aromatic heterocycles. The van der Waals surface area contributed by atoms with Crippen molar-refractivity contribution in [1.82, 2.24) is 4.57 Å². The SMILES string of the molecule is c1ccc(-c2cc(-c3ccccc3)cc(-c3ccc4c(c3)c(-c3cc(-c5ccccc5)cc(-c5ccccc5)c3)cn4-c3cccc4c3sc3ccccc34)c2)cc1. The summed E-state index contributed by atoms with van der Waals surface area (Å²) in [4.78, 5) is 0. The van der Waals surface area contributed by atoms with Crippen molar-refractivity contribution in [3.63, 3.8) is 0 Å². The molecule has 11 aromatic rings. The molecule has 0 spiro atoms. The molecule has 0 N–H and O–H groups in total. The molecule has 0 aliphatic carbocycles. The number of hydrogen-bond donors (Lipinski definition) is 0. The van der Waals surface area contributed by atoms with E-state index in [9.17, 15) is 0 Å². The molecule has 2 heterocycles. The minimum atomic E-state index is 1.18. The van der Waals surface area contributed by atoms with Crippen LogP contribution in [-0.2, 0) is 0 Å². The average molecular weight is 756 g/mol. The van der Waals surface area contributed by atoms with Crippen LogP contribution in [0.25, 0.3) is 104 Å². The Labute approximate surface area is 342 Å². The number of benzene rings is 9. The third kappa shape index (κ3) is 6.12. The zero-order valence-electron chi connectivity index (χ0n) is 31.7. The van der Waals surface area contributed by atoms with E-state index in [1.807, 2.05) is 11.3 Å². The van der Waals surface area contributed by atoms with E-state index >= 15 is 0 Å². The van der Waals surface area contributed by atoms with Gasteiger partial charge in [0.2, 0.25) is 0 Å². The molecule has 0 fully saturated rings. The number of aromatic nitrogens is 1. The van der Waals surface area contributed by atoms with Crippen LogP contribution < -0.4 is 0 Å². The zero-order valence-corrected chi connectivity index (χ0v) is 32.5. The fraction of sp³-hybridized carbons (Fsp3) is 0. The predicted octanol–water partition coefficient (Wildman–Crippen LogP) is 16.0. The minimum absolute atomic E-state index is 1.18. The second-order valence-corrected chi connectivity index (χ2v) is 16.0. The van der Waals surface area contributed by atoms with Gasteiger partial charge in [-0.25, -0.2) is 0 Å². The first kappa shape index (κ1) is 34.0. The van der Waals surface area contributed by atoms with Crippen LogP contribution in [0.1, 0.15) is 0 Å². The molecule has 0 atom stereocenters. The average Bonchev–Trinajstić information content (AvgIpc) is 3.89. The Morgan fingerprint density at radius 2 is 0.741 bits per heavy atom. The van der Waals surface area contributed by atoms with Crippen molar-refractivity contribution < 1.29 is 0 Å². The van der Waals surface area contributed by atoms with E-state index in [4.69, 9.17) is 0 Å². The molecule has 0 aliphatic rings. The van der Waals surface area contributed by atoms with Gasteiger partial charge in [0.05, 0.1) is 15.9 Å². The van der Waals surface area contributed by atoms with Gasteiger partial charge >= 0.3 is 0 Å². The lowest BCUT2D eigenvalue weighted by Gasteiger charge is -2.13. The molecule has 0 radical (unpaired) electrons. The maximum Gasteiger partial charge on any atom is 0.0634 e. The molecule has 272 valence electrons. The maximum absolute atomic E-state index is 2.43. The Morgan fingerprint density at radius 1 is 0.293 bits per heavy atom. The topological polar surface area (TPSA) is 4.93 Å². The molecular weight excluding hydrogens is 719 g/mol. The summed E-state index contributed by atoms with van der Waals surface area (Å²) in [5, 5.41) is 3.81. The molecule has 0 aliphatic heterocycles. The third-order valence-electron chi connectivity index (χ3n) is 11.4. The summed E-state index contributed by atoms with van der Waals surface area (Å²) in [6.07, 6.45) is 2.38. The van der Waals surface area contributed by atoms with Crippen LogP contribution in [0.4, 0.5) is 0 Å². The van der Waals surface area contributed by atoms with E-state index in [0.29, 0.717) is 0 Å². The second-order valence-electron chi connectivity index (χ2n) is 15.0. The van der Waals surface area contributed by atoms with Gasteiger partial charge in [-0.3, -0.25) is 0 Å². The lowest BCUT2D eigenvalue weighted by Crippen LogP contribution is -1.92. The summed E-state index contributed by atoms with van der Waals surface area (Å²) < 4.78 is 5.03. The molecule has 11 rings (SSSR count). The highest BCUT2D eigenvalue weighted by Crippen LogP contribution is 2.43. The number of rotatable bonds is 7. The van der Waals surface area contributed by atoms with Crippen LogP contribution >= 0.6 is 11.3 Å². The van der Waals surface area contributed by atoms with Gasteiger partial charge in [-0.05, 0) is 122 Å². The van der Waals surface area contributed by atoms with Crippen LogP contribution in [0.15, 0.2) is 225 Å². The van der Waals surface area contributed by atoms with E-state index in [-0.39, 0.29) is 0 Å². The van der Waals surface area contributed by atoms with Crippen molar-refractivity contribution in [2.45, 2.75) is 0 Å². The monoisotopic (exact) mass is 755 g/mol. The first-order valence-corrected chi connectivity index (χ1v) is 20.6. The molecule has 0 saturated heterocycles. The summed E-state index contributed by atoms with van der Waals surface area (Å²) in [5.41, 5.74) is 16.8. The quantitative estimate of drug-likeness (QED) is 0.153. The lowest BCUT2D eigenvalue weighted by molar-refractivity contribution is 1.15. The molecule has 0 unspecified atom stereocenters. The Kier molecular flexibility index (Phi) is 8.42. The van der Waals surface area contributed by atoms with Crippen molar-refractivity contribution in [2.24, 2.45) is 0 Å². The van der Waals surface area contributed by atoms with Gasteiger partial charge in [0, 0.05) is 32.6 Å². The van der Waals surface area contributed by atoms with Crippen LogP contribution in [0.3, 0.4) is 0 Å². The molecule has 58 heavy (non-hydrogen) atoms. The number of fused-ring (bicyclic) bond motifs is 4. The standard InChI is InChI=1S/C56H37NS/c1-5-16-38(17-6-1)43-30-44(39-18-7-2-8-19-39)33-47(32-43)42-28-29-53-51(36-42)52(37-57(53)54-26-15-25-50-49-24-13-14-27-55(49)58-56(50)54)48-34-45(40-20-9-3-10-21-40)31-46(35-48)41-22-11-4-12-23-41/h1-37H. The maximum atomic E-state index is 2.43. The van der Waals surface area contributed by atoms with Crippen molar-refractivity contribution in [3.8, 4) is 72.4 Å². The number of nitrogens with zero attached hydrogens (tertiary/aromatic N) is 1. The first-order valence-electron chi connectivity index (χ1n) is 19.8. The van der Waals surface area contributed by atoms with Crippen molar-refractivity contribution >= 4 is 42.4 Å². The smallest absolute Gasteiger partial charge is 0.0634 e. The Bertz CT molecular complexity index is 3130. The highest BCUT2D eigenvalue weighted by molar-refractivity contribution is 7.26. The van der Waals surface area contributed by atoms with Crippen LogP contribution in [0.5, 0.6) is 0 Å². The summed E-state index contributed by atoms with van der Waals surface area (Å²) >= 11 is 1.87. The van der Waals surface area contributed by atoms with Crippen molar-refractivity contribution in [2.75, 3.05) is 0 Å². The minimum Gasteiger partial charge on any atom is -0.314 e. The summed E-state index contributed by atoms with van der Waals surface area (Å²) in [6, 6.07) is 79.7. The summed E-state index contributed by atoms with van der Waals surface area (Å²) in [5.74, 6) is 0. The Morgan fingerprint density at radius 3 is 1.28 bits per heavy atom. The van der Waals surface area contributed by atoms with Crippen LogP contribution in [0.2, 0.25) is 0 Å². The van der Waals surface area contributed by atoms with E-state index in [1.165, 1.54) is 104 Å². The molecular formula is C56H37NS. The van der Waals surface area contributed by atoms with E-state index in [0.717, 1.165) is 0 Å². The molecule has 0 amide bonds. The molecule has 2 heteroatoms. The van der Waals surface area contributed by atoms with Crippen LogP contribution in [0, 0.1) is 0 Å². The molecule has 9 aromatic carbocycles. The van der Waals surface area contributed by atoms with Gasteiger partial charge in [0.15, 0.2) is 0 Å². The molecule has 0 bridgehead atoms. The van der Waals surface area contributed by atoms with Gasteiger partial charge in [-0.1, -0.05) is 158 Å². The fourth-order valence-electron chi connectivity index (χ4n) is 8.53. The normalized spacial score (nSPS) is 11.4. The van der Waals surface area contributed by atoms with Crippen molar-refractivity contribution in [1.29, 1.82) is 0 Å². The summed E-state index contributed by atoms with van der Waals surface area (Å²) in [7, 11) is 0. The highest BCUT2D eigenvalue weighted by atomic mass is 32.1. The van der Waals surface area contributed by atoms with Gasteiger partial charge in [0.25, 0.3) is 0 Å². The predicted molar refractivity (Wildman–Crippen MR) is 249 cm³/mol. The fourth-order valence-corrected chi connectivity index (χ4v) is 9.74. The van der Waals surface area contributed by atoms with Gasteiger partial charge in [-0.2, -0.15) is 0 Å². The Balaban J connectivity index is 1.18. The zero-order chi connectivity index (χ0) is 38.4. The van der Waals surface area contributed by atoms with E-state index < -0.39 is 0 Å².